The van der Waals surface area contributed by atoms with Crippen LogP contribution in [0.25, 0.3) is 0 Å². The SMILES string of the molecule is CC(CC(C)(C)C)NC(=O)C1C(=O)Nc2ccccc2C(=O)N1CCCc1ccccc1. The van der Waals surface area contributed by atoms with E-state index in [9.17, 15) is 14.4 Å². The number of para-hydroxylation sites is 1. The van der Waals surface area contributed by atoms with Crippen molar-refractivity contribution in [2.45, 2.75) is 59.0 Å². The second kappa shape index (κ2) is 9.98. The standard InChI is InChI=1S/C26H33N3O3/c1-18(17-26(2,3)4)27-23(30)22-24(31)28-21-15-9-8-14-20(21)25(32)29(22)16-10-13-19-11-6-5-7-12-19/h5-9,11-12,14-15,18,22H,10,13,16-17H2,1-4H3,(H,27,30)(H,28,31). The highest BCUT2D eigenvalue weighted by molar-refractivity contribution is 6.17. The fourth-order valence-corrected chi connectivity index (χ4v) is 4.27. The topological polar surface area (TPSA) is 78.5 Å². The fourth-order valence-electron chi connectivity index (χ4n) is 4.27. The maximum atomic E-state index is 13.4. The van der Waals surface area contributed by atoms with Crippen LogP contribution in [0.5, 0.6) is 0 Å². The molecule has 0 saturated heterocycles. The second-order valence-corrected chi connectivity index (χ2v) is 9.70. The zero-order chi connectivity index (χ0) is 23.3. The number of carbonyl (C=O) groups is 3. The number of aryl methyl sites for hydroxylation is 1. The Kier molecular flexibility index (Phi) is 7.33. The van der Waals surface area contributed by atoms with Crippen LogP contribution in [0.15, 0.2) is 54.6 Å². The van der Waals surface area contributed by atoms with Gasteiger partial charge in [-0.2, -0.15) is 0 Å². The number of amides is 3. The van der Waals surface area contributed by atoms with Gasteiger partial charge in [0.2, 0.25) is 0 Å². The lowest BCUT2D eigenvalue weighted by molar-refractivity contribution is -0.133. The third kappa shape index (κ3) is 5.96. The quantitative estimate of drug-likeness (QED) is 0.645. The molecule has 0 saturated carbocycles. The first-order chi connectivity index (χ1) is 15.2. The van der Waals surface area contributed by atoms with Gasteiger partial charge < -0.3 is 15.5 Å². The van der Waals surface area contributed by atoms with E-state index in [4.69, 9.17) is 0 Å². The number of nitrogens with zero attached hydrogens (tertiary/aromatic N) is 1. The molecule has 1 aliphatic heterocycles. The smallest absolute Gasteiger partial charge is 0.257 e. The first kappa shape index (κ1) is 23.5. The van der Waals surface area contributed by atoms with E-state index >= 15 is 0 Å². The van der Waals surface area contributed by atoms with Crippen molar-refractivity contribution in [2.24, 2.45) is 5.41 Å². The molecule has 2 aromatic carbocycles. The minimum absolute atomic E-state index is 0.0276. The van der Waals surface area contributed by atoms with Gasteiger partial charge in [-0.1, -0.05) is 63.2 Å². The van der Waals surface area contributed by atoms with Crippen molar-refractivity contribution in [1.82, 2.24) is 10.2 Å². The van der Waals surface area contributed by atoms with Crippen LogP contribution in [0.1, 0.15) is 56.5 Å². The van der Waals surface area contributed by atoms with E-state index < -0.39 is 17.9 Å². The van der Waals surface area contributed by atoms with E-state index in [1.807, 2.05) is 37.3 Å². The Morgan fingerprint density at radius 3 is 2.41 bits per heavy atom. The molecule has 1 heterocycles. The normalized spacial score (nSPS) is 17.2. The summed E-state index contributed by atoms with van der Waals surface area (Å²) in [5.41, 5.74) is 2.02. The summed E-state index contributed by atoms with van der Waals surface area (Å²) in [6.07, 6.45) is 2.16. The molecule has 6 nitrogen and oxygen atoms in total. The molecule has 1 aliphatic rings. The zero-order valence-electron chi connectivity index (χ0n) is 19.4. The Morgan fingerprint density at radius 1 is 1.06 bits per heavy atom. The van der Waals surface area contributed by atoms with Gasteiger partial charge in [0.15, 0.2) is 6.04 Å². The third-order valence-electron chi connectivity index (χ3n) is 5.50. The second-order valence-electron chi connectivity index (χ2n) is 9.70. The molecule has 2 atom stereocenters. The maximum Gasteiger partial charge on any atom is 0.257 e. The molecule has 0 aliphatic carbocycles. The van der Waals surface area contributed by atoms with Crippen LogP contribution in [-0.2, 0) is 16.0 Å². The van der Waals surface area contributed by atoms with E-state index in [0.29, 0.717) is 24.2 Å². The highest BCUT2D eigenvalue weighted by Gasteiger charge is 2.40. The van der Waals surface area contributed by atoms with Crippen LogP contribution < -0.4 is 10.6 Å². The van der Waals surface area contributed by atoms with Gasteiger partial charge in [0.1, 0.15) is 0 Å². The van der Waals surface area contributed by atoms with Gasteiger partial charge in [-0.05, 0) is 49.3 Å². The van der Waals surface area contributed by atoms with Crippen molar-refractivity contribution in [2.75, 3.05) is 11.9 Å². The van der Waals surface area contributed by atoms with Crippen LogP contribution in [0.3, 0.4) is 0 Å². The van der Waals surface area contributed by atoms with Crippen molar-refractivity contribution >= 4 is 23.4 Å². The van der Waals surface area contributed by atoms with Crippen molar-refractivity contribution in [3.05, 3.63) is 65.7 Å². The summed E-state index contributed by atoms with van der Waals surface area (Å²) >= 11 is 0. The largest absolute Gasteiger partial charge is 0.351 e. The highest BCUT2D eigenvalue weighted by Crippen LogP contribution is 2.25. The van der Waals surface area contributed by atoms with Gasteiger partial charge >= 0.3 is 0 Å². The predicted octanol–water partition coefficient (Wildman–Crippen LogP) is 4.02. The number of carbonyl (C=O) groups excluding carboxylic acids is 3. The Hall–Kier alpha value is -3.15. The minimum atomic E-state index is -1.21. The van der Waals surface area contributed by atoms with E-state index in [-0.39, 0.29) is 17.4 Å². The summed E-state index contributed by atoms with van der Waals surface area (Å²) in [6.45, 7) is 8.54. The molecule has 0 bridgehead atoms. The van der Waals surface area contributed by atoms with Crippen LogP contribution in [0.2, 0.25) is 0 Å². The molecule has 3 rings (SSSR count). The van der Waals surface area contributed by atoms with E-state index in [2.05, 4.69) is 31.4 Å². The van der Waals surface area contributed by atoms with Gasteiger partial charge in [0.25, 0.3) is 17.7 Å². The van der Waals surface area contributed by atoms with E-state index in [1.165, 1.54) is 4.90 Å². The number of nitrogens with one attached hydrogen (secondary N) is 2. The lowest BCUT2D eigenvalue weighted by Gasteiger charge is -2.30. The van der Waals surface area contributed by atoms with Gasteiger partial charge in [-0.3, -0.25) is 14.4 Å². The summed E-state index contributed by atoms with van der Waals surface area (Å²) < 4.78 is 0. The predicted molar refractivity (Wildman–Crippen MR) is 126 cm³/mol. The molecule has 0 aromatic heterocycles. The molecule has 170 valence electrons. The Balaban J connectivity index is 1.83. The monoisotopic (exact) mass is 435 g/mol. The van der Waals surface area contributed by atoms with Crippen LogP contribution in [-0.4, -0.2) is 41.2 Å². The van der Waals surface area contributed by atoms with Crippen molar-refractivity contribution in [3.8, 4) is 0 Å². The lowest BCUT2D eigenvalue weighted by Crippen LogP contribution is -2.56. The Labute approximate surface area is 190 Å². The van der Waals surface area contributed by atoms with Gasteiger partial charge in [-0.15, -0.1) is 0 Å². The molecule has 2 N–H and O–H groups in total. The molecular weight excluding hydrogens is 402 g/mol. The van der Waals surface area contributed by atoms with Crippen LogP contribution in [0.4, 0.5) is 5.69 Å². The molecule has 32 heavy (non-hydrogen) atoms. The highest BCUT2D eigenvalue weighted by atomic mass is 16.2. The average Bonchev–Trinajstić information content (AvgIpc) is 2.82. The molecular formula is C26H33N3O3. The van der Waals surface area contributed by atoms with Crippen LogP contribution in [0, 0.1) is 5.41 Å². The lowest BCUT2D eigenvalue weighted by atomic mass is 9.88. The molecule has 2 unspecified atom stereocenters. The molecule has 0 radical (unpaired) electrons. The van der Waals surface area contributed by atoms with E-state index in [1.54, 1.807) is 24.3 Å². The van der Waals surface area contributed by atoms with E-state index in [0.717, 1.165) is 18.4 Å². The number of hydrogen-bond acceptors (Lipinski definition) is 3. The number of benzene rings is 2. The summed E-state index contributed by atoms with van der Waals surface area (Å²) in [5, 5.41) is 5.74. The maximum absolute atomic E-state index is 13.4. The molecule has 0 fully saturated rings. The molecule has 3 amide bonds. The van der Waals surface area contributed by atoms with Crippen LogP contribution >= 0.6 is 0 Å². The van der Waals surface area contributed by atoms with Gasteiger partial charge in [-0.25, -0.2) is 0 Å². The number of rotatable bonds is 7. The Bertz CT molecular complexity index is 966. The first-order valence-corrected chi connectivity index (χ1v) is 11.2. The summed E-state index contributed by atoms with van der Waals surface area (Å²) in [5.74, 6) is -1.24. The van der Waals surface area contributed by atoms with Crippen molar-refractivity contribution in [1.29, 1.82) is 0 Å². The van der Waals surface area contributed by atoms with Gasteiger partial charge in [0.05, 0.1) is 11.3 Å². The summed E-state index contributed by atoms with van der Waals surface area (Å²) in [7, 11) is 0. The molecule has 6 heteroatoms. The fraction of sp³-hybridized carbons (Fsp3) is 0.423. The summed E-state index contributed by atoms with van der Waals surface area (Å²) in [6, 6.07) is 15.5. The van der Waals surface area contributed by atoms with Crippen molar-refractivity contribution < 1.29 is 14.4 Å². The number of anilines is 1. The minimum Gasteiger partial charge on any atom is -0.351 e. The third-order valence-corrected chi connectivity index (χ3v) is 5.50. The average molecular weight is 436 g/mol. The van der Waals surface area contributed by atoms with Gasteiger partial charge in [0, 0.05) is 12.6 Å². The summed E-state index contributed by atoms with van der Waals surface area (Å²) in [4.78, 5) is 41.2. The Morgan fingerprint density at radius 2 is 1.72 bits per heavy atom. The number of fused-ring (bicyclic) bond motifs is 1. The molecule has 2 aromatic rings. The zero-order valence-corrected chi connectivity index (χ0v) is 19.4. The first-order valence-electron chi connectivity index (χ1n) is 11.2. The molecule has 0 spiro atoms. The van der Waals surface area contributed by atoms with Crippen molar-refractivity contribution in [3.63, 3.8) is 0 Å². The number of hydrogen-bond donors (Lipinski definition) is 2.